The number of hydrogen-bond acceptors (Lipinski definition) is 4. The van der Waals surface area contributed by atoms with E-state index in [1.807, 2.05) is 31.7 Å². The van der Waals surface area contributed by atoms with Gasteiger partial charge in [0.1, 0.15) is 0 Å². The predicted octanol–water partition coefficient (Wildman–Crippen LogP) is 0.903. The van der Waals surface area contributed by atoms with Crippen LogP contribution in [0.1, 0.15) is 35.1 Å². The van der Waals surface area contributed by atoms with Crippen molar-refractivity contribution in [3.05, 3.63) is 23.0 Å². The van der Waals surface area contributed by atoms with Gasteiger partial charge in [0.05, 0.1) is 17.0 Å². The van der Waals surface area contributed by atoms with Gasteiger partial charge < -0.3 is 10.6 Å². The van der Waals surface area contributed by atoms with Gasteiger partial charge >= 0.3 is 0 Å². The van der Waals surface area contributed by atoms with Crippen molar-refractivity contribution in [3.63, 3.8) is 0 Å². The lowest BCUT2D eigenvalue weighted by atomic mass is 10.0. The zero-order valence-electron chi connectivity index (χ0n) is 11.2. The first-order valence-electron chi connectivity index (χ1n) is 6.35. The summed E-state index contributed by atoms with van der Waals surface area (Å²) < 4.78 is 0. The molecule has 0 saturated carbocycles. The van der Waals surface area contributed by atoms with Crippen LogP contribution in [0.4, 0.5) is 0 Å². The lowest BCUT2D eigenvalue weighted by Gasteiger charge is -2.18. The third kappa shape index (κ3) is 2.51. The molecule has 1 fully saturated rings. The second-order valence-corrected chi connectivity index (χ2v) is 5.14. The summed E-state index contributed by atoms with van der Waals surface area (Å²) in [6, 6.07) is 1.95. The number of likely N-dealkylation sites (tertiary alicyclic amines) is 1. The molecule has 2 N–H and O–H groups in total. The van der Waals surface area contributed by atoms with Crippen molar-refractivity contribution in [1.82, 2.24) is 15.1 Å². The third-order valence-corrected chi connectivity index (χ3v) is 3.59. The molecule has 1 aromatic heterocycles. The molecule has 2 unspecified atom stereocenters. The topological polar surface area (TPSA) is 72.1 Å². The van der Waals surface area contributed by atoms with Gasteiger partial charge in [-0.2, -0.15) is 10.2 Å². The van der Waals surface area contributed by atoms with E-state index in [9.17, 15) is 4.79 Å². The number of carbonyl (C=O) groups excluding carboxylic acids is 1. The molecule has 18 heavy (non-hydrogen) atoms. The van der Waals surface area contributed by atoms with Gasteiger partial charge in [0.25, 0.3) is 5.91 Å². The highest BCUT2D eigenvalue weighted by Gasteiger charge is 2.29. The SMILES string of the molecule is Cc1cc(C(=O)N2CCC(C(C)N)C2)c(C)nn1. The van der Waals surface area contributed by atoms with Crippen LogP contribution in [0.25, 0.3) is 0 Å². The van der Waals surface area contributed by atoms with Crippen molar-refractivity contribution in [2.75, 3.05) is 13.1 Å². The minimum Gasteiger partial charge on any atom is -0.338 e. The smallest absolute Gasteiger partial charge is 0.255 e. The fourth-order valence-electron chi connectivity index (χ4n) is 2.34. The minimum absolute atomic E-state index is 0.0497. The quantitative estimate of drug-likeness (QED) is 0.844. The molecule has 1 aliphatic rings. The second-order valence-electron chi connectivity index (χ2n) is 5.14. The van der Waals surface area contributed by atoms with Crippen LogP contribution in [-0.4, -0.2) is 40.1 Å². The summed E-state index contributed by atoms with van der Waals surface area (Å²) >= 11 is 0. The van der Waals surface area contributed by atoms with Crippen molar-refractivity contribution in [3.8, 4) is 0 Å². The maximum atomic E-state index is 12.4. The van der Waals surface area contributed by atoms with Crippen LogP contribution in [0.3, 0.4) is 0 Å². The Morgan fingerprint density at radius 3 is 2.83 bits per heavy atom. The van der Waals surface area contributed by atoms with Crippen molar-refractivity contribution < 1.29 is 4.79 Å². The van der Waals surface area contributed by atoms with Gasteiger partial charge in [0.15, 0.2) is 0 Å². The van der Waals surface area contributed by atoms with Gasteiger partial charge in [-0.1, -0.05) is 0 Å². The van der Waals surface area contributed by atoms with E-state index in [-0.39, 0.29) is 11.9 Å². The first kappa shape index (κ1) is 13.0. The number of nitrogens with two attached hydrogens (primary N) is 1. The average molecular weight is 248 g/mol. The zero-order chi connectivity index (χ0) is 13.3. The number of aryl methyl sites for hydroxylation is 2. The Labute approximate surface area is 107 Å². The van der Waals surface area contributed by atoms with Crippen LogP contribution < -0.4 is 5.73 Å². The van der Waals surface area contributed by atoms with Crippen molar-refractivity contribution in [2.45, 2.75) is 33.2 Å². The maximum absolute atomic E-state index is 12.4. The number of carbonyl (C=O) groups is 1. The molecule has 1 amide bonds. The Kier molecular flexibility index (Phi) is 3.61. The van der Waals surface area contributed by atoms with E-state index in [1.54, 1.807) is 0 Å². The number of rotatable bonds is 2. The summed E-state index contributed by atoms with van der Waals surface area (Å²) in [6.07, 6.45) is 0.986. The van der Waals surface area contributed by atoms with Crippen molar-refractivity contribution >= 4 is 5.91 Å². The largest absolute Gasteiger partial charge is 0.338 e. The Hall–Kier alpha value is -1.49. The lowest BCUT2D eigenvalue weighted by Crippen LogP contribution is -2.33. The fourth-order valence-corrected chi connectivity index (χ4v) is 2.34. The molecule has 2 heterocycles. The number of aromatic nitrogens is 2. The summed E-state index contributed by atoms with van der Waals surface area (Å²) in [7, 11) is 0. The van der Waals surface area contributed by atoms with E-state index in [2.05, 4.69) is 10.2 Å². The first-order valence-corrected chi connectivity index (χ1v) is 6.35. The van der Waals surface area contributed by atoms with Gasteiger partial charge in [0.2, 0.25) is 0 Å². The molecule has 2 rings (SSSR count). The van der Waals surface area contributed by atoms with Gasteiger partial charge in [-0.15, -0.1) is 0 Å². The number of hydrogen-bond donors (Lipinski definition) is 1. The zero-order valence-corrected chi connectivity index (χ0v) is 11.2. The summed E-state index contributed by atoms with van der Waals surface area (Å²) in [4.78, 5) is 14.3. The molecular weight excluding hydrogens is 228 g/mol. The van der Waals surface area contributed by atoms with E-state index in [0.717, 1.165) is 25.2 Å². The molecule has 5 heteroatoms. The highest BCUT2D eigenvalue weighted by molar-refractivity contribution is 5.95. The van der Waals surface area contributed by atoms with E-state index < -0.39 is 0 Å². The van der Waals surface area contributed by atoms with Crippen LogP contribution in [0.15, 0.2) is 6.07 Å². The highest BCUT2D eigenvalue weighted by Crippen LogP contribution is 2.21. The molecule has 0 bridgehead atoms. The Morgan fingerprint density at radius 1 is 1.50 bits per heavy atom. The van der Waals surface area contributed by atoms with E-state index in [0.29, 0.717) is 17.2 Å². The van der Waals surface area contributed by atoms with E-state index in [4.69, 9.17) is 5.73 Å². The van der Waals surface area contributed by atoms with Crippen LogP contribution in [0, 0.1) is 19.8 Å². The molecule has 0 aromatic carbocycles. The summed E-state index contributed by atoms with van der Waals surface area (Å²) in [5, 5.41) is 7.95. The number of amides is 1. The van der Waals surface area contributed by atoms with Crippen LogP contribution >= 0.6 is 0 Å². The summed E-state index contributed by atoms with van der Waals surface area (Å²) in [5.74, 6) is 0.457. The van der Waals surface area contributed by atoms with Gasteiger partial charge in [-0.25, -0.2) is 0 Å². The Morgan fingerprint density at radius 2 is 2.22 bits per heavy atom. The molecular formula is C13H20N4O. The summed E-state index contributed by atoms with van der Waals surface area (Å²) in [5.41, 5.74) is 8.01. The maximum Gasteiger partial charge on any atom is 0.255 e. The van der Waals surface area contributed by atoms with E-state index >= 15 is 0 Å². The standard InChI is InChI=1S/C13H20N4O/c1-8-6-12(10(3)16-15-8)13(18)17-5-4-11(7-17)9(2)14/h6,9,11H,4-5,7,14H2,1-3H3. The summed E-state index contributed by atoms with van der Waals surface area (Å²) in [6.45, 7) is 7.20. The lowest BCUT2D eigenvalue weighted by molar-refractivity contribution is 0.0784. The fraction of sp³-hybridized carbons (Fsp3) is 0.615. The Bertz CT molecular complexity index is 458. The minimum atomic E-state index is 0.0497. The molecule has 5 nitrogen and oxygen atoms in total. The second kappa shape index (κ2) is 5.02. The molecule has 1 aliphatic heterocycles. The van der Waals surface area contributed by atoms with Gasteiger partial charge in [0, 0.05) is 19.1 Å². The molecule has 98 valence electrons. The molecule has 1 aromatic rings. The monoisotopic (exact) mass is 248 g/mol. The first-order chi connectivity index (χ1) is 8.49. The Balaban J connectivity index is 2.15. The van der Waals surface area contributed by atoms with E-state index in [1.165, 1.54) is 0 Å². The van der Waals surface area contributed by atoms with Gasteiger partial charge in [-0.05, 0) is 39.2 Å². The predicted molar refractivity (Wildman–Crippen MR) is 69.2 cm³/mol. The molecule has 0 spiro atoms. The van der Waals surface area contributed by atoms with Crippen LogP contribution in [0.5, 0.6) is 0 Å². The average Bonchev–Trinajstić information content (AvgIpc) is 2.81. The normalized spacial score (nSPS) is 21.1. The molecule has 0 radical (unpaired) electrons. The number of nitrogens with zero attached hydrogens (tertiary/aromatic N) is 3. The molecule has 0 aliphatic carbocycles. The highest BCUT2D eigenvalue weighted by atomic mass is 16.2. The van der Waals surface area contributed by atoms with Crippen molar-refractivity contribution in [1.29, 1.82) is 0 Å². The van der Waals surface area contributed by atoms with Gasteiger partial charge in [-0.3, -0.25) is 4.79 Å². The molecule has 2 atom stereocenters. The van der Waals surface area contributed by atoms with Crippen LogP contribution in [-0.2, 0) is 0 Å². The molecule has 1 saturated heterocycles. The van der Waals surface area contributed by atoms with Crippen LogP contribution in [0.2, 0.25) is 0 Å². The van der Waals surface area contributed by atoms with Crippen molar-refractivity contribution in [2.24, 2.45) is 11.7 Å². The third-order valence-electron chi connectivity index (χ3n) is 3.59.